The van der Waals surface area contributed by atoms with Crippen molar-refractivity contribution in [1.82, 2.24) is 4.98 Å². The van der Waals surface area contributed by atoms with E-state index in [2.05, 4.69) is 10.3 Å². The third-order valence-electron chi connectivity index (χ3n) is 3.15. The Morgan fingerprint density at radius 1 is 1.37 bits per heavy atom. The fourth-order valence-corrected chi connectivity index (χ4v) is 2.72. The number of aromatic nitrogens is 1. The quantitative estimate of drug-likeness (QED) is 0.305. The molecule has 0 aliphatic heterocycles. The van der Waals surface area contributed by atoms with Gasteiger partial charge in [0.05, 0.1) is 7.11 Å². The molecule has 0 radical (unpaired) electrons. The highest BCUT2D eigenvalue weighted by Crippen LogP contribution is 2.28. The van der Waals surface area contributed by atoms with Crippen LogP contribution >= 0.6 is 11.3 Å². The molecule has 0 aliphatic rings. The first-order chi connectivity index (χ1) is 12.9. The largest absolute Gasteiger partial charge is 0.493 e. The van der Waals surface area contributed by atoms with Gasteiger partial charge < -0.3 is 24.6 Å². The van der Waals surface area contributed by atoms with Crippen molar-refractivity contribution in [2.75, 3.05) is 19.0 Å². The summed E-state index contributed by atoms with van der Waals surface area (Å²) in [5, 5.41) is 13.1. The van der Waals surface area contributed by atoms with Crippen molar-refractivity contribution in [1.29, 1.82) is 0 Å². The standard InChI is InChI=1S/C18H20N2O6S/c1-11-9-19-18(27-11)20-16(22)10-25-17(23)7-5-13-4-6-14(26-12(2)21)15(8-13)24-3/h4-9,16,22H,10H2,1-3H3,(H,19,20)/b7-5+. The van der Waals surface area contributed by atoms with Gasteiger partial charge in [-0.2, -0.15) is 0 Å². The van der Waals surface area contributed by atoms with E-state index in [-0.39, 0.29) is 12.4 Å². The van der Waals surface area contributed by atoms with E-state index in [4.69, 9.17) is 14.2 Å². The predicted octanol–water partition coefficient (Wildman–Crippen LogP) is 2.37. The van der Waals surface area contributed by atoms with E-state index in [1.165, 1.54) is 37.5 Å². The van der Waals surface area contributed by atoms with E-state index in [1.807, 2.05) is 6.92 Å². The van der Waals surface area contributed by atoms with Crippen LogP contribution in [0, 0.1) is 6.92 Å². The van der Waals surface area contributed by atoms with E-state index in [0.29, 0.717) is 16.4 Å². The van der Waals surface area contributed by atoms with Crippen LogP contribution in [0.3, 0.4) is 0 Å². The minimum Gasteiger partial charge on any atom is -0.493 e. The summed E-state index contributed by atoms with van der Waals surface area (Å²) in [6, 6.07) is 4.84. The van der Waals surface area contributed by atoms with Gasteiger partial charge in [-0.3, -0.25) is 4.79 Å². The van der Waals surface area contributed by atoms with Gasteiger partial charge in [-0.05, 0) is 30.7 Å². The van der Waals surface area contributed by atoms with Crippen molar-refractivity contribution in [2.24, 2.45) is 0 Å². The van der Waals surface area contributed by atoms with Crippen LogP contribution in [0.25, 0.3) is 6.08 Å². The molecule has 1 atom stereocenters. The van der Waals surface area contributed by atoms with Crippen molar-refractivity contribution < 1.29 is 28.9 Å². The number of hydrogen-bond donors (Lipinski definition) is 2. The number of anilines is 1. The average Bonchev–Trinajstić information content (AvgIpc) is 3.03. The van der Waals surface area contributed by atoms with Gasteiger partial charge in [-0.15, -0.1) is 11.3 Å². The first kappa shape index (κ1) is 20.4. The molecule has 1 heterocycles. The van der Waals surface area contributed by atoms with Crippen molar-refractivity contribution in [3.8, 4) is 11.5 Å². The zero-order chi connectivity index (χ0) is 19.8. The molecular weight excluding hydrogens is 372 g/mol. The number of aryl methyl sites for hydroxylation is 1. The normalized spacial score (nSPS) is 11.9. The second-order valence-electron chi connectivity index (χ2n) is 5.40. The minimum absolute atomic E-state index is 0.226. The van der Waals surface area contributed by atoms with Crippen LogP contribution in [0.4, 0.5) is 5.13 Å². The number of benzene rings is 1. The fourth-order valence-electron chi connectivity index (χ4n) is 2.01. The summed E-state index contributed by atoms with van der Waals surface area (Å²) in [5.41, 5.74) is 0.650. The average molecular weight is 392 g/mol. The number of carbonyl (C=O) groups is 2. The summed E-state index contributed by atoms with van der Waals surface area (Å²) in [7, 11) is 1.45. The van der Waals surface area contributed by atoms with E-state index in [9.17, 15) is 14.7 Å². The van der Waals surface area contributed by atoms with Gasteiger partial charge in [-0.1, -0.05) is 6.07 Å². The van der Waals surface area contributed by atoms with Crippen LogP contribution in [0.15, 0.2) is 30.5 Å². The lowest BCUT2D eigenvalue weighted by Crippen LogP contribution is -2.25. The van der Waals surface area contributed by atoms with Crippen LogP contribution in [0.1, 0.15) is 17.4 Å². The van der Waals surface area contributed by atoms with Crippen molar-refractivity contribution >= 4 is 34.5 Å². The highest BCUT2D eigenvalue weighted by atomic mass is 32.1. The summed E-state index contributed by atoms with van der Waals surface area (Å²) in [4.78, 5) is 27.9. The molecule has 0 bridgehead atoms. The Kier molecular flexibility index (Phi) is 7.33. The topological polar surface area (TPSA) is 107 Å². The minimum atomic E-state index is -1.06. The molecule has 2 rings (SSSR count). The number of hydrogen-bond acceptors (Lipinski definition) is 9. The molecule has 0 aliphatic carbocycles. The van der Waals surface area contributed by atoms with E-state index >= 15 is 0 Å². The zero-order valence-electron chi connectivity index (χ0n) is 15.1. The summed E-state index contributed by atoms with van der Waals surface area (Å²) in [5.74, 6) is -0.426. The van der Waals surface area contributed by atoms with Crippen molar-refractivity contribution in [3.63, 3.8) is 0 Å². The van der Waals surface area contributed by atoms with Gasteiger partial charge in [0.25, 0.3) is 0 Å². The number of thiazole rings is 1. The number of nitrogens with zero attached hydrogens (tertiary/aromatic N) is 1. The van der Waals surface area contributed by atoms with Gasteiger partial charge in [0.1, 0.15) is 6.61 Å². The fraction of sp³-hybridized carbons (Fsp3) is 0.278. The Hall–Kier alpha value is -2.91. The highest BCUT2D eigenvalue weighted by molar-refractivity contribution is 7.15. The Bertz CT molecular complexity index is 833. The molecule has 1 aromatic heterocycles. The number of aliphatic hydroxyl groups is 1. The predicted molar refractivity (Wildman–Crippen MR) is 101 cm³/mol. The molecule has 2 N–H and O–H groups in total. The monoisotopic (exact) mass is 392 g/mol. The molecule has 2 aromatic rings. The molecule has 0 saturated heterocycles. The summed E-state index contributed by atoms with van der Waals surface area (Å²) < 4.78 is 15.1. The second-order valence-corrected chi connectivity index (χ2v) is 6.64. The lowest BCUT2D eigenvalue weighted by Gasteiger charge is -2.11. The van der Waals surface area contributed by atoms with Crippen LogP contribution in [-0.2, 0) is 14.3 Å². The van der Waals surface area contributed by atoms with Gasteiger partial charge in [-0.25, -0.2) is 9.78 Å². The zero-order valence-corrected chi connectivity index (χ0v) is 15.9. The molecule has 9 heteroatoms. The van der Waals surface area contributed by atoms with E-state index in [1.54, 1.807) is 24.4 Å². The summed E-state index contributed by atoms with van der Waals surface area (Å²) in [6.45, 7) is 2.96. The van der Waals surface area contributed by atoms with E-state index < -0.39 is 18.2 Å². The summed E-state index contributed by atoms with van der Waals surface area (Å²) in [6.07, 6.45) is 3.36. The van der Waals surface area contributed by atoms with Crippen LogP contribution in [-0.4, -0.2) is 42.0 Å². The lowest BCUT2D eigenvalue weighted by molar-refractivity contribution is -0.140. The smallest absolute Gasteiger partial charge is 0.330 e. The molecule has 0 fully saturated rings. The van der Waals surface area contributed by atoms with E-state index in [0.717, 1.165) is 4.88 Å². The molecule has 0 saturated carbocycles. The maximum absolute atomic E-state index is 11.8. The third-order valence-corrected chi connectivity index (χ3v) is 3.99. The number of methoxy groups -OCH3 is 1. The number of esters is 2. The Balaban J connectivity index is 1.87. The summed E-state index contributed by atoms with van der Waals surface area (Å²) >= 11 is 1.39. The van der Waals surface area contributed by atoms with Gasteiger partial charge in [0.2, 0.25) is 0 Å². The lowest BCUT2D eigenvalue weighted by atomic mass is 10.2. The first-order valence-electron chi connectivity index (χ1n) is 7.95. The molecule has 1 unspecified atom stereocenters. The van der Waals surface area contributed by atoms with Crippen molar-refractivity contribution in [2.45, 2.75) is 20.1 Å². The number of rotatable bonds is 8. The molecule has 0 spiro atoms. The second kappa shape index (κ2) is 9.70. The number of ether oxygens (including phenoxy) is 3. The highest BCUT2D eigenvalue weighted by Gasteiger charge is 2.10. The maximum Gasteiger partial charge on any atom is 0.330 e. The van der Waals surface area contributed by atoms with Gasteiger partial charge in [0.15, 0.2) is 22.9 Å². The molecule has 8 nitrogen and oxygen atoms in total. The van der Waals surface area contributed by atoms with Crippen molar-refractivity contribution in [3.05, 3.63) is 40.9 Å². The molecule has 27 heavy (non-hydrogen) atoms. The number of carbonyl (C=O) groups excluding carboxylic acids is 2. The third kappa shape index (κ3) is 6.72. The van der Waals surface area contributed by atoms with Crippen LogP contribution < -0.4 is 14.8 Å². The Morgan fingerprint density at radius 2 is 2.15 bits per heavy atom. The van der Waals surface area contributed by atoms with Gasteiger partial charge in [0, 0.05) is 24.1 Å². The van der Waals surface area contributed by atoms with Crippen LogP contribution in [0.2, 0.25) is 0 Å². The Labute approximate surface area is 160 Å². The molecular formula is C18H20N2O6S. The molecule has 0 amide bonds. The van der Waals surface area contributed by atoms with Gasteiger partial charge >= 0.3 is 11.9 Å². The number of nitrogens with one attached hydrogen (secondary N) is 1. The Morgan fingerprint density at radius 3 is 2.78 bits per heavy atom. The molecule has 144 valence electrons. The number of aliphatic hydroxyl groups excluding tert-OH is 1. The SMILES string of the molecule is COc1cc(/C=C/C(=O)OCC(O)Nc2ncc(C)s2)ccc1OC(C)=O. The maximum atomic E-state index is 11.8. The van der Waals surface area contributed by atoms with Crippen LogP contribution in [0.5, 0.6) is 11.5 Å². The first-order valence-corrected chi connectivity index (χ1v) is 8.77. The molecule has 1 aromatic carbocycles.